The van der Waals surface area contributed by atoms with Gasteiger partial charge < -0.3 is 20.0 Å². The van der Waals surface area contributed by atoms with Crippen molar-refractivity contribution in [1.29, 1.82) is 0 Å². The van der Waals surface area contributed by atoms with Gasteiger partial charge in [-0.2, -0.15) is 0 Å². The number of carbonyl (C=O) groups excluding carboxylic acids is 1. The monoisotopic (exact) mass is 488 g/mol. The highest BCUT2D eigenvalue weighted by molar-refractivity contribution is 5.79. The zero-order valence-corrected chi connectivity index (χ0v) is 21.7. The molecule has 0 aromatic carbocycles. The molecule has 3 aliphatic heterocycles. The Hall–Kier alpha value is -2.13. The van der Waals surface area contributed by atoms with Crippen molar-refractivity contribution in [3.63, 3.8) is 0 Å². The van der Waals surface area contributed by atoms with Crippen LogP contribution in [0.2, 0.25) is 0 Å². The molecule has 0 bridgehead atoms. The van der Waals surface area contributed by atoms with E-state index in [4.69, 9.17) is 0 Å². The van der Waals surface area contributed by atoms with E-state index in [1.54, 1.807) is 4.57 Å². The molecule has 0 unspecified atom stereocenters. The van der Waals surface area contributed by atoms with Crippen LogP contribution in [0.4, 0.5) is 5.82 Å². The number of aromatic nitrogens is 2. The molecule has 3 fully saturated rings. The number of likely N-dealkylation sites (tertiary alicyclic amines) is 2. The quantitative estimate of drug-likeness (QED) is 0.555. The van der Waals surface area contributed by atoms with Crippen LogP contribution >= 0.6 is 0 Å². The Balaban J connectivity index is 1.20. The lowest BCUT2D eigenvalue weighted by Crippen LogP contribution is -2.48. The van der Waals surface area contributed by atoms with E-state index in [2.05, 4.69) is 15.1 Å². The average molecular weight is 489 g/mol. The minimum atomic E-state index is -0.304. The molecule has 196 valence electrons. The molecule has 0 saturated carbocycles. The lowest BCUT2D eigenvalue weighted by Gasteiger charge is -2.40. The van der Waals surface area contributed by atoms with Crippen LogP contribution in [0.3, 0.4) is 0 Å². The molecule has 1 amide bonds. The van der Waals surface area contributed by atoms with Gasteiger partial charge >= 0.3 is 5.69 Å². The summed E-state index contributed by atoms with van der Waals surface area (Å²) in [4.78, 5) is 44.9. The van der Waals surface area contributed by atoms with Crippen LogP contribution in [0.5, 0.6) is 0 Å². The predicted molar refractivity (Wildman–Crippen MR) is 139 cm³/mol. The number of nitrogens with one attached hydrogen (secondary N) is 1. The van der Waals surface area contributed by atoms with Gasteiger partial charge in [-0.25, -0.2) is 4.79 Å². The fraction of sp³-hybridized carbons (Fsp3) is 0.808. The summed E-state index contributed by atoms with van der Waals surface area (Å²) in [6, 6.07) is 2.30. The van der Waals surface area contributed by atoms with Crippen LogP contribution in [0.15, 0.2) is 15.7 Å². The van der Waals surface area contributed by atoms with Crippen LogP contribution in [0.1, 0.15) is 58.3 Å². The molecule has 1 aromatic rings. The van der Waals surface area contributed by atoms with E-state index in [-0.39, 0.29) is 23.1 Å². The Bertz CT molecular complexity index is 959. The second-order valence-corrected chi connectivity index (χ2v) is 10.5. The van der Waals surface area contributed by atoms with Gasteiger partial charge in [-0.1, -0.05) is 6.42 Å². The minimum absolute atomic E-state index is 0.0905. The van der Waals surface area contributed by atoms with Crippen LogP contribution in [0.25, 0.3) is 0 Å². The van der Waals surface area contributed by atoms with Gasteiger partial charge in [0, 0.05) is 45.3 Å². The molecule has 1 atom stereocenters. The van der Waals surface area contributed by atoms with Crippen molar-refractivity contribution in [3.8, 4) is 0 Å². The van der Waals surface area contributed by atoms with Gasteiger partial charge in [-0.05, 0) is 84.6 Å². The van der Waals surface area contributed by atoms with E-state index in [9.17, 15) is 14.4 Å². The highest BCUT2D eigenvalue weighted by Crippen LogP contribution is 2.23. The fourth-order valence-electron chi connectivity index (χ4n) is 6.07. The lowest BCUT2D eigenvalue weighted by molar-refractivity contribution is -0.125. The summed E-state index contributed by atoms with van der Waals surface area (Å²) in [5.74, 6) is 0.604. The molecule has 0 radical (unpaired) electrons. The molecule has 0 spiro atoms. The standard InChI is InChI=1S/C26H44N6O3/c1-3-32-23(19-24(33)28(2)26(32)35)31-16-7-9-21(20-31)25(34)27-12-8-13-29-17-10-22(11-18-29)30-14-5-4-6-15-30/h19,21-22H,3-18,20H2,1-2H3,(H,27,34)/t21-/m1/s1. The summed E-state index contributed by atoms with van der Waals surface area (Å²) >= 11 is 0. The van der Waals surface area contributed by atoms with Crippen molar-refractivity contribution in [2.24, 2.45) is 13.0 Å². The van der Waals surface area contributed by atoms with Crippen LogP contribution in [0, 0.1) is 5.92 Å². The highest BCUT2D eigenvalue weighted by atomic mass is 16.2. The predicted octanol–water partition coefficient (Wildman–Crippen LogP) is 1.24. The van der Waals surface area contributed by atoms with Gasteiger partial charge in [0.15, 0.2) is 0 Å². The SMILES string of the molecule is CCn1c(N2CCC[C@@H](C(=O)NCCCN3CCC(N4CCCCC4)CC3)C2)cc(=O)n(C)c1=O. The van der Waals surface area contributed by atoms with Crippen LogP contribution in [-0.4, -0.2) is 83.2 Å². The van der Waals surface area contributed by atoms with Crippen LogP contribution < -0.4 is 21.5 Å². The van der Waals surface area contributed by atoms with Gasteiger partial charge in [0.25, 0.3) is 5.56 Å². The lowest BCUT2D eigenvalue weighted by atomic mass is 9.97. The second-order valence-electron chi connectivity index (χ2n) is 10.5. The van der Waals surface area contributed by atoms with E-state index < -0.39 is 0 Å². The first-order chi connectivity index (χ1) is 17.0. The van der Waals surface area contributed by atoms with Gasteiger partial charge in [0.05, 0.1) is 5.92 Å². The van der Waals surface area contributed by atoms with Crippen molar-refractivity contribution >= 4 is 11.7 Å². The summed E-state index contributed by atoms with van der Waals surface area (Å²) in [7, 11) is 1.50. The maximum absolute atomic E-state index is 12.9. The largest absolute Gasteiger partial charge is 0.357 e. The van der Waals surface area contributed by atoms with Gasteiger partial charge in [-0.3, -0.25) is 18.7 Å². The smallest absolute Gasteiger partial charge is 0.332 e. The van der Waals surface area contributed by atoms with E-state index >= 15 is 0 Å². The number of nitrogens with zero attached hydrogens (tertiary/aromatic N) is 5. The number of piperidine rings is 3. The van der Waals surface area contributed by atoms with Gasteiger partial charge in [-0.15, -0.1) is 0 Å². The third-order valence-corrected chi connectivity index (χ3v) is 8.22. The first kappa shape index (κ1) is 25.9. The Labute approximate surface area is 209 Å². The van der Waals surface area contributed by atoms with Crippen molar-refractivity contribution < 1.29 is 4.79 Å². The Kier molecular flexibility index (Phi) is 9.05. The molecule has 4 rings (SSSR count). The van der Waals surface area contributed by atoms with Gasteiger partial charge in [0.1, 0.15) is 5.82 Å². The molecule has 1 N–H and O–H groups in total. The highest BCUT2D eigenvalue weighted by Gasteiger charge is 2.28. The number of rotatable bonds is 8. The molecule has 1 aromatic heterocycles. The zero-order valence-electron chi connectivity index (χ0n) is 21.7. The van der Waals surface area contributed by atoms with Crippen molar-refractivity contribution in [2.45, 2.75) is 70.9 Å². The summed E-state index contributed by atoms with van der Waals surface area (Å²) in [6.45, 7) is 10.3. The van der Waals surface area contributed by atoms with E-state index in [1.807, 2.05) is 11.8 Å². The molecule has 9 heteroatoms. The minimum Gasteiger partial charge on any atom is -0.357 e. The third-order valence-electron chi connectivity index (χ3n) is 8.22. The summed E-state index contributed by atoms with van der Waals surface area (Å²) in [6.07, 6.45) is 9.35. The Morgan fingerprint density at radius 3 is 2.46 bits per heavy atom. The zero-order chi connectivity index (χ0) is 24.8. The van der Waals surface area contributed by atoms with Crippen LogP contribution in [-0.2, 0) is 18.4 Å². The summed E-state index contributed by atoms with van der Waals surface area (Å²) in [5.41, 5.74) is -0.609. The molecule has 3 saturated heterocycles. The molecule has 3 aliphatic rings. The number of amides is 1. The third kappa shape index (κ3) is 6.36. The molecule has 4 heterocycles. The maximum Gasteiger partial charge on any atom is 0.332 e. The van der Waals surface area contributed by atoms with Crippen molar-refractivity contribution in [1.82, 2.24) is 24.3 Å². The Morgan fingerprint density at radius 2 is 1.74 bits per heavy atom. The number of carbonyl (C=O) groups is 1. The van der Waals surface area contributed by atoms with E-state index in [1.165, 1.54) is 71.4 Å². The molecule has 9 nitrogen and oxygen atoms in total. The van der Waals surface area contributed by atoms with E-state index in [0.29, 0.717) is 25.5 Å². The number of anilines is 1. The fourth-order valence-corrected chi connectivity index (χ4v) is 6.07. The molecule has 0 aliphatic carbocycles. The number of hydrogen-bond acceptors (Lipinski definition) is 6. The average Bonchev–Trinajstić information content (AvgIpc) is 2.90. The summed E-state index contributed by atoms with van der Waals surface area (Å²) < 4.78 is 2.76. The second kappa shape index (κ2) is 12.2. The topological polar surface area (TPSA) is 82.8 Å². The van der Waals surface area contributed by atoms with Crippen molar-refractivity contribution in [3.05, 3.63) is 26.9 Å². The van der Waals surface area contributed by atoms with Crippen molar-refractivity contribution in [2.75, 3.05) is 57.3 Å². The van der Waals surface area contributed by atoms with Gasteiger partial charge in [0.2, 0.25) is 5.91 Å². The number of hydrogen-bond donors (Lipinski definition) is 1. The first-order valence-electron chi connectivity index (χ1n) is 13.8. The summed E-state index contributed by atoms with van der Waals surface area (Å²) in [5, 5.41) is 3.15. The first-order valence-corrected chi connectivity index (χ1v) is 13.8. The Morgan fingerprint density at radius 1 is 1.00 bits per heavy atom. The van der Waals surface area contributed by atoms with E-state index in [0.717, 1.165) is 43.0 Å². The molecular weight excluding hydrogens is 444 g/mol. The normalized spacial score (nSPS) is 22.9. The molecule has 35 heavy (non-hydrogen) atoms. The maximum atomic E-state index is 12.9. The molecular formula is C26H44N6O3.